The van der Waals surface area contributed by atoms with Crippen LogP contribution < -0.4 is 5.73 Å². The lowest BCUT2D eigenvalue weighted by molar-refractivity contribution is 0.566. The number of halogens is 1. The number of nitrogens with two attached hydrogens (primary N) is 1. The van der Waals surface area contributed by atoms with Crippen LogP contribution in [-0.2, 0) is 9.84 Å². The minimum atomic E-state index is -3.53. The van der Waals surface area contributed by atoms with Gasteiger partial charge in [0.05, 0.1) is 5.75 Å². The Balaban J connectivity index is 2.76. The molecule has 0 atom stereocenters. The van der Waals surface area contributed by atoms with E-state index in [1.807, 2.05) is 6.92 Å². The topological polar surface area (TPSA) is 60.2 Å². The van der Waals surface area contributed by atoms with E-state index >= 15 is 0 Å². The molecule has 0 radical (unpaired) electrons. The summed E-state index contributed by atoms with van der Waals surface area (Å²) in [6.07, 6.45) is 0.532. The van der Waals surface area contributed by atoms with Gasteiger partial charge in [0.15, 0.2) is 9.84 Å². The second-order valence-electron chi connectivity index (χ2n) is 3.56. The maximum absolute atomic E-state index is 13.5. The fraction of sp³-hybridized carbons (Fsp3) is 0.455. The lowest BCUT2D eigenvalue weighted by Gasteiger charge is -2.06. The van der Waals surface area contributed by atoms with E-state index < -0.39 is 15.7 Å². The third kappa shape index (κ3) is 4.20. The van der Waals surface area contributed by atoms with Crippen molar-refractivity contribution in [1.82, 2.24) is 0 Å². The van der Waals surface area contributed by atoms with Crippen molar-refractivity contribution in [3.8, 4) is 0 Å². The van der Waals surface area contributed by atoms with Gasteiger partial charge in [0.25, 0.3) is 0 Å². The van der Waals surface area contributed by atoms with Crippen LogP contribution in [-0.4, -0.2) is 25.7 Å². The first kappa shape index (κ1) is 14.3. The summed E-state index contributed by atoms with van der Waals surface area (Å²) in [6, 6.07) is 3.66. The van der Waals surface area contributed by atoms with Gasteiger partial charge < -0.3 is 5.73 Å². The molecule has 0 bridgehead atoms. The molecule has 0 unspecified atom stereocenters. The first-order valence-corrected chi connectivity index (χ1v) is 8.13. The second-order valence-corrected chi connectivity index (χ2v) is 7.03. The van der Waals surface area contributed by atoms with Crippen molar-refractivity contribution >= 4 is 27.3 Å². The van der Waals surface area contributed by atoms with Gasteiger partial charge in [-0.15, -0.1) is 0 Å². The Labute approximate surface area is 106 Å². The van der Waals surface area contributed by atoms with E-state index in [0.29, 0.717) is 6.42 Å². The zero-order valence-electron chi connectivity index (χ0n) is 9.65. The van der Waals surface area contributed by atoms with Crippen molar-refractivity contribution in [1.29, 1.82) is 0 Å². The normalized spacial score (nSPS) is 11.6. The highest BCUT2D eigenvalue weighted by atomic mass is 32.2. The molecule has 96 valence electrons. The Morgan fingerprint density at radius 2 is 2.12 bits per heavy atom. The van der Waals surface area contributed by atoms with Crippen molar-refractivity contribution in [2.75, 3.05) is 23.0 Å². The Morgan fingerprint density at radius 3 is 2.71 bits per heavy atom. The molecule has 0 saturated heterocycles. The molecule has 0 saturated carbocycles. The Bertz CT molecular complexity index is 474. The summed E-state index contributed by atoms with van der Waals surface area (Å²) in [4.78, 5) is -0.256. The highest BCUT2D eigenvalue weighted by Gasteiger charge is 2.18. The van der Waals surface area contributed by atoms with E-state index in [0.717, 1.165) is 17.6 Å². The van der Waals surface area contributed by atoms with Crippen LogP contribution in [0.5, 0.6) is 0 Å². The predicted octanol–water partition coefficient (Wildman–Crippen LogP) is 2.32. The molecule has 2 N–H and O–H groups in total. The zero-order chi connectivity index (χ0) is 12.9. The van der Waals surface area contributed by atoms with Crippen LogP contribution in [0.2, 0.25) is 0 Å². The second kappa shape index (κ2) is 6.26. The molecular formula is C11H16FNO2S2. The SMILES string of the molecule is CCSCCCS(=O)(=O)c1ccc(N)cc1F. The maximum atomic E-state index is 13.5. The molecule has 0 heterocycles. The fourth-order valence-corrected chi connectivity index (χ4v) is 3.57. The highest BCUT2D eigenvalue weighted by Crippen LogP contribution is 2.19. The number of hydrogen-bond acceptors (Lipinski definition) is 4. The molecule has 1 rings (SSSR count). The summed E-state index contributed by atoms with van der Waals surface area (Å²) in [7, 11) is -3.53. The number of benzene rings is 1. The summed E-state index contributed by atoms with van der Waals surface area (Å²) in [6.45, 7) is 2.01. The van der Waals surface area contributed by atoms with Crippen molar-refractivity contribution in [2.24, 2.45) is 0 Å². The Hall–Kier alpha value is -0.750. The van der Waals surface area contributed by atoms with Gasteiger partial charge in [0.2, 0.25) is 0 Å². The highest BCUT2D eigenvalue weighted by molar-refractivity contribution is 7.99. The van der Waals surface area contributed by atoms with Gasteiger partial charge in [-0.05, 0) is 36.1 Å². The van der Waals surface area contributed by atoms with E-state index in [1.165, 1.54) is 12.1 Å². The first-order valence-electron chi connectivity index (χ1n) is 5.33. The average Bonchev–Trinajstić information content (AvgIpc) is 2.24. The molecule has 17 heavy (non-hydrogen) atoms. The quantitative estimate of drug-likeness (QED) is 0.640. The fourth-order valence-electron chi connectivity index (χ4n) is 1.37. The number of nitrogen functional groups attached to an aromatic ring is 1. The summed E-state index contributed by atoms with van der Waals surface area (Å²) in [5.41, 5.74) is 5.60. The molecule has 0 aliphatic carbocycles. The van der Waals surface area contributed by atoms with Gasteiger partial charge in [0, 0.05) is 5.69 Å². The lowest BCUT2D eigenvalue weighted by Crippen LogP contribution is -2.10. The van der Waals surface area contributed by atoms with Crippen LogP contribution in [0.25, 0.3) is 0 Å². The van der Waals surface area contributed by atoms with E-state index in [-0.39, 0.29) is 16.3 Å². The molecule has 1 aromatic carbocycles. The van der Waals surface area contributed by atoms with Gasteiger partial charge >= 0.3 is 0 Å². The van der Waals surface area contributed by atoms with Crippen molar-refractivity contribution < 1.29 is 12.8 Å². The molecule has 0 fully saturated rings. The molecule has 3 nitrogen and oxygen atoms in total. The van der Waals surface area contributed by atoms with Gasteiger partial charge in [0.1, 0.15) is 10.7 Å². The predicted molar refractivity (Wildman–Crippen MR) is 70.5 cm³/mol. The first-order chi connectivity index (χ1) is 7.97. The van der Waals surface area contributed by atoms with Crippen molar-refractivity contribution in [3.05, 3.63) is 24.0 Å². The molecule has 0 aromatic heterocycles. The van der Waals surface area contributed by atoms with Crippen LogP contribution in [0.4, 0.5) is 10.1 Å². The smallest absolute Gasteiger partial charge is 0.181 e. The Kier molecular flexibility index (Phi) is 5.27. The van der Waals surface area contributed by atoms with Crippen LogP contribution in [0.3, 0.4) is 0 Å². The van der Waals surface area contributed by atoms with Crippen LogP contribution in [0.15, 0.2) is 23.1 Å². The van der Waals surface area contributed by atoms with E-state index in [2.05, 4.69) is 0 Å². The molecular weight excluding hydrogens is 261 g/mol. The molecule has 0 aliphatic rings. The van der Waals surface area contributed by atoms with E-state index in [9.17, 15) is 12.8 Å². The lowest BCUT2D eigenvalue weighted by atomic mass is 10.3. The van der Waals surface area contributed by atoms with Gasteiger partial charge in [-0.2, -0.15) is 11.8 Å². The third-order valence-electron chi connectivity index (χ3n) is 2.20. The van der Waals surface area contributed by atoms with Gasteiger partial charge in [-0.3, -0.25) is 0 Å². The van der Waals surface area contributed by atoms with E-state index in [1.54, 1.807) is 11.8 Å². The molecule has 1 aromatic rings. The summed E-state index contributed by atoms with van der Waals surface area (Å²) in [5.74, 6) is 0.928. The largest absolute Gasteiger partial charge is 0.399 e. The number of rotatable bonds is 6. The molecule has 6 heteroatoms. The molecule has 0 amide bonds. The van der Waals surface area contributed by atoms with Gasteiger partial charge in [-0.25, -0.2) is 12.8 Å². The minimum Gasteiger partial charge on any atom is -0.399 e. The Morgan fingerprint density at radius 1 is 1.41 bits per heavy atom. The van der Waals surface area contributed by atoms with E-state index in [4.69, 9.17) is 5.73 Å². The van der Waals surface area contributed by atoms with Crippen LogP contribution >= 0.6 is 11.8 Å². The zero-order valence-corrected chi connectivity index (χ0v) is 11.3. The number of sulfone groups is 1. The average molecular weight is 277 g/mol. The molecule has 0 spiro atoms. The summed E-state index contributed by atoms with van der Waals surface area (Å²) in [5, 5.41) is 0. The molecule has 0 aliphatic heterocycles. The third-order valence-corrected chi connectivity index (χ3v) is 5.01. The number of anilines is 1. The standard InChI is InChI=1S/C11H16FNO2S2/c1-2-16-6-3-7-17(14,15)11-5-4-9(13)8-10(11)12/h4-5,8H,2-3,6-7,13H2,1H3. The van der Waals surface area contributed by atoms with Crippen molar-refractivity contribution in [2.45, 2.75) is 18.2 Å². The number of hydrogen-bond donors (Lipinski definition) is 1. The minimum absolute atomic E-state index is 0.0269. The van der Waals surface area contributed by atoms with Crippen LogP contribution in [0, 0.1) is 5.82 Å². The summed E-state index contributed by atoms with van der Waals surface area (Å²) >= 11 is 1.67. The monoisotopic (exact) mass is 277 g/mol. The summed E-state index contributed by atoms with van der Waals surface area (Å²) < 4.78 is 37.1. The van der Waals surface area contributed by atoms with Gasteiger partial charge in [-0.1, -0.05) is 6.92 Å². The van der Waals surface area contributed by atoms with Crippen LogP contribution in [0.1, 0.15) is 13.3 Å². The number of thioether (sulfide) groups is 1. The maximum Gasteiger partial charge on any atom is 0.181 e. The van der Waals surface area contributed by atoms with Crippen molar-refractivity contribution in [3.63, 3.8) is 0 Å².